The molecule has 4 heteroatoms. The molecular formula is C27H38O4. The van der Waals surface area contributed by atoms with E-state index in [9.17, 15) is 9.59 Å². The molecule has 4 aliphatic carbocycles. The summed E-state index contributed by atoms with van der Waals surface area (Å²) in [6, 6.07) is 0. The minimum absolute atomic E-state index is 0.0296. The highest BCUT2D eigenvalue weighted by molar-refractivity contribution is 5.92. The molecule has 4 nitrogen and oxygen atoms in total. The van der Waals surface area contributed by atoms with Crippen LogP contribution in [0.1, 0.15) is 79.1 Å². The SMILES string of the molecule is C[C@@H]1CCC2(OC1)OC1CC3C4CCC5=CC(=O)CC[C@]5(C)C4CC(=O)[C@]3(C)C1[C@@H]2C. The van der Waals surface area contributed by atoms with Gasteiger partial charge in [-0.1, -0.05) is 33.3 Å². The average molecular weight is 427 g/mol. The lowest BCUT2D eigenvalue weighted by Gasteiger charge is -2.57. The van der Waals surface area contributed by atoms with E-state index in [0.717, 1.165) is 45.1 Å². The molecule has 6 rings (SSSR count). The second-order valence-corrected chi connectivity index (χ2v) is 12.4. The van der Waals surface area contributed by atoms with Gasteiger partial charge < -0.3 is 9.47 Å². The summed E-state index contributed by atoms with van der Waals surface area (Å²) in [5, 5.41) is 0. The molecule has 1 spiro atoms. The van der Waals surface area contributed by atoms with Crippen LogP contribution < -0.4 is 0 Å². The van der Waals surface area contributed by atoms with Gasteiger partial charge in [-0.25, -0.2) is 0 Å². The fourth-order valence-electron chi connectivity index (χ4n) is 9.26. The van der Waals surface area contributed by atoms with Crippen LogP contribution in [0.2, 0.25) is 0 Å². The van der Waals surface area contributed by atoms with E-state index in [2.05, 4.69) is 27.7 Å². The fourth-order valence-corrected chi connectivity index (χ4v) is 9.26. The molecule has 0 amide bonds. The molecule has 170 valence electrons. The Balaban J connectivity index is 1.33. The van der Waals surface area contributed by atoms with Gasteiger partial charge in [0.2, 0.25) is 0 Å². The van der Waals surface area contributed by atoms with Crippen molar-refractivity contribution in [3.05, 3.63) is 11.6 Å². The summed E-state index contributed by atoms with van der Waals surface area (Å²) in [6.07, 6.45) is 9.59. The van der Waals surface area contributed by atoms with E-state index in [1.807, 2.05) is 6.08 Å². The van der Waals surface area contributed by atoms with Crippen LogP contribution in [0.25, 0.3) is 0 Å². The topological polar surface area (TPSA) is 52.6 Å². The monoisotopic (exact) mass is 426 g/mol. The zero-order valence-corrected chi connectivity index (χ0v) is 19.6. The van der Waals surface area contributed by atoms with E-state index in [4.69, 9.17) is 9.47 Å². The molecule has 0 bridgehead atoms. The number of rotatable bonds is 0. The molecule has 5 fully saturated rings. The van der Waals surface area contributed by atoms with Crippen molar-refractivity contribution in [1.29, 1.82) is 0 Å². The Morgan fingerprint density at radius 1 is 1.03 bits per heavy atom. The Kier molecular flexibility index (Phi) is 4.34. The normalized spacial score (nSPS) is 56.0. The van der Waals surface area contributed by atoms with Crippen LogP contribution in [0.15, 0.2) is 11.6 Å². The van der Waals surface area contributed by atoms with Gasteiger partial charge in [-0.05, 0) is 67.3 Å². The lowest BCUT2D eigenvalue weighted by Crippen LogP contribution is -2.56. The summed E-state index contributed by atoms with van der Waals surface area (Å²) in [6.45, 7) is 9.95. The number of hydrogen-bond donors (Lipinski definition) is 0. The average Bonchev–Trinajstić information content (AvgIpc) is 3.18. The zero-order chi connectivity index (χ0) is 21.8. The van der Waals surface area contributed by atoms with Crippen molar-refractivity contribution < 1.29 is 19.1 Å². The molecule has 10 atom stereocenters. The number of carbonyl (C=O) groups excluding carboxylic acids is 2. The summed E-state index contributed by atoms with van der Waals surface area (Å²) in [5.74, 6) is 2.78. The van der Waals surface area contributed by atoms with Gasteiger partial charge in [0.05, 0.1) is 12.7 Å². The van der Waals surface area contributed by atoms with Crippen molar-refractivity contribution >= 4 is 11.6 Å². The van der Waals surface area contributed by atoms with E-state index < -0.39 is 5.79 Å². The summed E-state index contributed by atoms with van der Waals surface area (Å²) < 4.78 is 13.2. The van der Waals surface area contributed by atoms with Crippen LogP contribution in [-0.4, -0.2) is 30.1 Å². The number of Topliss-reactive ketones (excluding diaryl/α,β-unsaturated/α-hetero) is 1. The summed E-state index contributed by atoms with van der Waals surface area (Å²) in [7, 11) is 0. The Morgan fingerprint density at radius 3 is 2.58 bits per heavy atom. The molecule has 2 heterocycles. The number of ether oxygens (including phenoxy) is 2. The molecule has 0 aromatic heterocycles. The van der Waals surface area contributed by atoms with Gasteiger partial charge in [0.15, 0.2) is 11.6 Å². The predicted molar refractivity (Wildman–Crippen MR) is 117 cm³/mol. The number of carbonyl (C=O) groups is 2. The van der Waals surface area contributed by atoms with Crippen LogP contribution >= 0.6 is 0 Å². The first-order valence-corrected chi connectivity index (χ1v) is 12.8. The largest absolute Gasteiger partial charge is 0.349 e. The van der Waals surface area contributed by atoms with Crippen molar-refractivity contribution in [2.45, 2.75) is 91.0 Å². The molecule has 3 saturated carbocycles. The van der Waals surface area contributed by atoms with Crippen LogP contribution in [-0.2, 0) is 19.1 Å². The number of fused-ring (bicyclic) bond motifs is 7. The minimum Gasteiger partial charge on any atom is -0.349 e. The minimum atomic E-state index is -0.467. The third-order valence-corrected chi connectivity index (χ3v) is 11.1. The van der Waals surface area contributed by atoms with Gasteiger partial charge >= 0.3 is 0 Å². The maximum absolute atomic E-state index is 14.0. The predicted octanol–water partition coefficient (Wildman–Crippen LogP) is 5.10. The van der Waals surface area contributed by atoms with Crippen LogP contribution in [0, 0.1) is 46.3 Å². The van der Waals surface area contributed by atoms with E-state index in [0.29, 0.717) is 42.3 Å². The van der Waals surface area contributed by atoms with Crippen molar-refractivity contribution in [3.8, 4) is 0 Å². The van der Waals surface area contributed by atoms with Gasteiger partial charge in [-0.15, -0.1) is 0 Å². The molecule has 0 N–H and O–H groups in total. The Labute approximate surface area is 186 Å². The van der Waals surface area contributed by atoms with E-state index in [1.54, 1.807) is 0 Å². The summed E-state index contributed by atoms with van der Waals surface area (Å²) in [5.41, 5.74) is 1.07. The third-order valence-electron chi connectivity index (χ3n) is 11.1. The van der Waals surface area contributed by atoms with Gasteiger partial charge in [-0.3, -0.25) is 9.59 Å². The Morgan fingerprint density at radius 2 is 1.84 bits per heavy atom. The first-order chi connectivity index (χ1) is 14.7. The van der Waals surface area contributed by atoms with Crippen LogP contribution in [0.3, 0.4) is 0 Å². The van der Waals surface area contributed by atoms with Gasteiger partial charge in [0, 0.05) is 36.5 Å². The smallest absolute Gasteiger partial charge is 0.171 e. The highest BCUT2D eigenvalue weighted by Crippen LogP contribution is 2.69. The summed E-state index contributed by atoms with van der Waals surface area (Å²) in [4.78, 5) is 26.0. The van der Waals surface area contributed by atoms with Crippen molar-refractivity contribution in [2.24, 2.45) is 46.3 Å². The highest BCUT2D eigenvalue weighted by atomic mass is 16.7. The van der Waals surface area contributed by atoms with E-state index in [1.165, 1.54) is 5.57 Å². The van der Waals surface area contributed by atoms with Crippen LogP contribution in [0.4, 0.5) is 0 Å². The molecule has 0 radical (unpaired) electrons. The fraction of sp³-hybridized carbons (Fsp3) is 0.852. The van der Waals surface area contributed by atoms with E-state index >= 15 is 0 Å². The number of hydrogen-bond acceptors (Lipinski definition) is 4. The molecule has 6 aliphatic rings. The second-order valence-electron chi connectivity index (χ2n) is 12.4. The molecule has 2 saturated heterocycles. The first kappa shape index (κ1) is 20.6. The molecule has 0 aromatic rings. The van der Waals surface area contributed by atoms with Crippen molar-refractivity contribution in [2.75, 3.05) is 6.61 Å². The van der Waals surface area contributed by atoms with Gasteiger partial charge in [0.25, 0.3) is 0 Å². The van der Waals surface area contributed by atoms with Crippen molar-refractivity contribution in [3.63, 3.8) is 0 Å². The highest BCUT2D eigenvalue weighted by Gasteiger charge is 2.71. The maximum Gasteiger partial charge on any atom is 0.171 e. The molecule has 2 aliphatic heterocycles. The zero-order valence-electron chi connectivity index (χ0n) is 19.6. The first-order valence-electron chi connectivity index (χ1n) is 12.8. The van der Waals surface area contributed by atoms with Gasteiger partial charge in [-0.2, -0.15) is 0 Å². The standard InChI is InChI=1S/C27H38O4/c1-15-7-10-27(30-14-15)16(2)24-22(31-27)12-21-19-6-5-17-11-18(28)8-9-25(17,3)20(19)13-23(29)26(21,24)4/h11,15-16,19-22,24H,5-10,12-14H2,1-4H3/t15-,16+,19?,20?,21?,22?,24?,25+,26-,27?/m1/s1. The van der Waals surface area contributed by atoms with Gasteiger partial charge in [0.1, 0.15) is 5.78 Å². The second kappa shape index (κ2) is 6.53. The molecule has 0 aromatic carbocycles. The lowest BCUT2D eigenvalue weighted by atomic mass is 9.46. The molecule has 31 heavy (non-hydrogen) atoms. The lowest BCUT2D eigenvalue weighted by molar-refractivity contribution is -0.272. The summed E-state index contributed by atoms with van der Waals surface area (Å²) >= 11 is 0. The quantitative estimate of drug-likeness (QED) is 0.541. The van der Waals surface area contributed by atoms with Crippen molar-refractivity contribution in [1.82, 2.24) is 0 Å². The third kappa shape index (κ3) is 2.55. The maximum atomic E-state index is 14.0. The number of ketones is 2. The number of allylic oxidation sites excluding steroid dienone is 1. The van der Waals surface area contributed by atoms with Crippen LogP contribution in [0.5, 0.6) is 0 Å². The Hall–Kier alpha value is -1.00. The molecular weight excluding hydrogens is 388 g/mol. The molecule has 6 unspecified atom stereocenters. The van der Waals surface area contributed by atoms with E-state index in [-0.39, 0.29) is 34.6 Å². The Bertz CT molecular complexity index is 851.